The fourth-order valence-electron chi connectivity index (χ4n) is 2.88. The molecule has 0 saturated heterocycles. The molecule has 1 N–H and O–H groups in total. The van der Waals surface area contributed by atoms with Crippen LogP contribution in [0.25, 0.3) is 0 Å². The van der Waals surface area contributed by atoms with Crippen molar-refractivity contribution in [1.29, 1.82) is 0 Å². The van der Waals surface area contributed by atoms with E-state index in [4.69, 9.17) is 0 Å². The number of anilines is 2. The van der Waals surface area contributed by atoms with Crippen LogP contribution in [0.4, 0.5) is 15.8 Å². The van der Waals surface area contributed by atoms with E-state index in [1.54, 1.807) is 30.2 Å². The number of aromatic nitrogens is 1. The summed E-state index contributed by atoms with van der Waals surface area (Å²) in [6.45, 7) is 4.34. The highest BCUT2D eigenvalue weighted by atomic mass is 32.2. The molecule has 3 rings (SSSR count). The summed E-state index contributed by atoms with van der Waals surface area (Å²) in [5.74, 6) is -0.780. The number of halogens is 1. The van der Waals surface area contributed by atoms with E-state index >= 15 is 0 Å². The molecule has 1 aliphatic heterocycles. The van der Waals surface area contributed by atoms with Crippen LogP contribution in [0.2, 0.25) is 0 Å². The van der Waals surface area contributed by atoms with Gasteiger partial charge in [-0.15, -0.1) is 0 Å². The van der Waals surface area contributed by atoms with E-state index in [0.29, 0.717) is 17.8 Å². The third kappa shape index (κ3) is 4.47. The second-order valence-electron chi connectivity index (χ2n) is 6.49. The van der Waals surface area contributed by atoms with Gasteiger partial charge < -0.3 is 10.2 Å². The summed E-state index contributed by atoms with van der Waals surface area (Å²) in [5, 5.41) is 2.89. The van der Waals surface area contributed by atoms with Gasteiger partial charge in [0.15, 0.2) is 0 Å². The molecule has 1 aromatic carbocycles. The second kappa shape index (κ2) is 8.52. The first-order chi connectivity index (χ1) is 13.0. The molecule has 0 bridgehead atoms. The lowest BCUT2D eigenvalue weighted by molar-refractivity contribution is -0.122. The third-order valence-electron chi connectivity index (χ3n) is 4.40. The first kappa shape index (κ1) is 19.4. The normalized spacial score (nSPS) is 16.2. The Morgan fingerprint density at radius 2 is 2.19 bits per heavy atom. The van der Waals surface area contributed by atoms with Crippen molar-refractivity contribution in [3.05, 3.63) is 47.9 Å². The van der Waals surface area contributed by atoms with E-state index in [0.717, 1.165) is 23.6 Å². The van der Waals surface area contributed by atoms with Crippen molar-refractivity contribution < 1.29 is 14.0 Å². The number of nitrogens with zero attached hydrogens (tertiary/aromatic N) is 2. The largest absolute Gasteiger partial charge is 0.326 e. The summed E-state index contributed by atoms with van der Waals surface area (Å²) >= 11 is 1.31. The van der Waals surface area contributed by atoms with Crippen molar-refractivity contribution in [2.24, 2.45) is 0 Å². The quantitative estimate of drug-likeness (QED) is 0.808. The van der Waals surface area contributed by atoms with E-state index in [2.05, 4.69) is 17.2 Å². The highest BCUT2D eigenvalue weighted by molar-refractivity contribution is 8.00. The number of benzene rings is 1. The molecule has 142 valence electrons. The first-order valence-electron chi connectivity index (χ1n) is 8.98. The molecule has 0 saturated carbocycles. The van der Waals surface area contributed by atoms with Crippen molar-refractivity contribution in [1.82, 2.24) is 4.98 Å². The molecule has 0 fully saturated rings. The van der Waals surface area contributed by atoms with Gasteiger partial charge >= 0.3 is 0 Å². The predicted octanol–water partition coefficient (Wildman–Crippen LogP) is 4.17. The molecule has 27 heavy (non-hydrogen) atoms. The first-order valence-corrected chi connectivity index (χ1v) is 9.86. The zero-order valence-electron chi connectivity index (χ0n) is 15.4. The van der Waals surface area contributed by atoms with Crippen LogP contribution in [0.5, 0.6) is 0 Å². The number of nitrogens with one attached hydrogen (secondary N) is 1. The second-order valence-corrected chi connectivity index (χ2v) is 7.69. The maximum absolute atomic E-state index is 13.7. The van der Waals surface area contributed by atoms with Crippen LogP contribution in [-0.4, -0.2) is 28.6 Å². The van der Waals surface area contributed by atoms with Gasteiger partial charge in [-0.1, -0.05) is 31.2 Å². The number of rotatable bonds is 6. The molecule has 1 unspecified atom stereocenters. The van der Waals surface area contributed by atoms with E-state index in [1.807, 2.05) is 12.1 Å². The minimum Gasteiger partial charge on any atom is -0.326 e. The average molecular weight is 387 g/mol. The lowest BCUT2D eigenvalue weighted by Crippen LogP contribution is -2.43. The molecule has 1 aliphatic rings. The molecule has 5 nitrogen and oxygen atoms in total. The van der Waals surface area contributed by atoms with Crippen LogP contribution < -0.4 is 10.2 Å². The molecule has 2 amide bonds. The summed E-state index contributed by atoms with van der Waals surface area (Å²) in [7, 11) is 0. The number of hydrogen-bond donors (Lipinski definition) is 1. The number of amides is 2. The number of carbonyl (C=O) groups excluding carboxylic acids is 2. The number of carbonyl (C=O) groups is 2. The van der Waals surface area contributed by atoms with E-state index in [9.17, 15) is 14.0 Å². The summed E-state index contributed by atoms with van der Waals surface area (Å²) < 4.78 is 13.7. The topological polar surface area (TPSA) is 62.3 Å². The van der Waals surface area contributed by atoms with Gasteiger partial charge in [-0.2, -0.15) is 0 Å². The maximum atomic E-state index is 13.7. The van der Waals surface area contributed by atoms with Gasteiger partial charge in [0.1, 0.15) is 10.8 Å². The van der Waals surface area contributed by atoms with Crippen LogP contribution in [-0.2, 0) is 9.59 Å². The minimum atomic E-state index is -0.542. The van der Waals surface area contributed by atoms with Crippen molar-refractivity contribution in [3.63, 3.8) is 0 Å². The molecular formula is C20H22FN3O2S. The lowest BCUT2D eigenvalue weighted by Gasteiger charge is -2.32. The molecule has 1 aromatic heterocycles. The average Bonchev–Trinajstić information content (AvgIpc) is 2.65. The summed E-state index contributed by atoms with van der Waals surface area (Å²) in [4.78, 5) is 31.4. The zero-order chi connectivity index (χ0) is 19.4. The van der Waals surface area contributed by atoms with Crippen molar-refractivity contribution in [2.75, 3.05) is 16.8 Å². The van der Waals surface area contributed by atoms with E-state index in [-0.39, 0.29) is 24.1 Å². The van der Waals surface area contributed by atoms with E-state index in [1.165, 1.54) is 17.8 Å². The van der Waals surface area contributed by atoms with Gasteiger partial charge in [-0.05, 0) is 43.2 Å². The smallest absolute Gasteiger partial charge is 0.241 e. The minimum absolute atomic E-state index is 0.0115. The number of aryl methyl sites for hydroxylation is 1. The highest BCUT2D eigenvalue weighted by Crippen LogP contribution is 2.39. The third-order valence-corrected chi connectivity index (χ3v) is 5.59. The van der Waals surface area contributed by atoms with Gasteiger partial charge in [0.05, 0.1) is 10.9 Å². The monoisotopic (exact) mass is 387 g/mol. The maximum Gasteiger partial charge on any atom is 0.241 e. The summed E-state index contributed by atoms with van der Waals surface area (Å²) in [6, 6.07) is 8.24. The molecule has 0 aliphatic carbocycles. The van der Waals surface area contributed by atoms with Gasteiger partial charge in [-0.25, -0.2) is 9.37 Å². The Morgan fingerprint density at radius 1 is 1.37 bits per heavy atom. The van der Waals surface area contributed by atoms with Crippen LogP contribution in [0.15, 0.2) is 41.6 Å². The Bertz CT molecular complexity index is 859. The predicted molar refractivity (Wildman–Crippen MR) is 106 cm³/mol. The lowest BCUT2D eigenvalue weighted by atomic mass is 10.2. The summed E-state index contributed by atoms with van der Waals surface area (Å²) in [6.07, 6.45) is 3.55. The standard InChI is InChI=1S/C20H22FN3O2S/c1-3-4-10-24-16-6-5-9-22-19(16)27-17(20(24)26)12-18(25)23-14-8-7-13(2)15(21)11-14/h5-9,11,17H,3-4,10,12H2,1-2H3,(H,23,25). The van der Waals surface area contributed by atoms with Crippen molar-refractivity contribution >= 4 is 35.0 Å². The van der Waals surface area contributed by atoms with Crippen LogP contribution >= 0.6 is 11.8 Å². The molecule has 2 aromatic rings. The van der Waals surface area contributed by atoms with Crippen LogP contribution in [0.1, 0.15) is 31.7 Å². The van der Waals surface area contributed by atoms with Crippen molar-refractivity contribution in [2.45, 2.75) is 43.4 Å². The highest BCUT2D eigenvalue weighted by Gasteiger charge is 2.35. The Kier molecular flexibility index (Phi) is 6.11. The molecular weight excluding hydrogens is 365 g/mol. The fraction of sp³-hybridized carbons (Fsp3) is 0.350. The number of fused-ring (bicyclic) bond motifs is 1. The Morgan fingerprint density at radius 3 is 2.93 bits per heavy atom. The van der Waals surface area contributed by atoms with Crippen LogP contribution in [0, 0.1) is 12.7 Å². The Balaban J connectivity index is 1.73. The number of pyridine rings is 1. The zero-order valence-corrected chi connectivity index (χ0v) is 16.2. The molecule has 7 heteroatoms. The number of thioether (sulfide) groups is 1. The van der Waals surface area contributed by atoms with Gasteiger partial charge in [-0.3, -0.25) is 9.59 Å². The molecule has 1 atom stereocenters. The number of unbranched alkanes of at least 4 members (excludes halogenated alkanes) is 1. The Labute approximate surface area is 162 Å². The van der Waals surface area contributed by atoms with E-state index < -0.39 is 5.25 Å². The SMILES string of the molecule is CCCCN1C(=O)C(CC(=O)Nc2ccc(C)c(F)c2)Sc2ncccc21. The number of hydrogen-bond acceptors (Lipinski definition) is 4. The summed E-state index contributed by atoms with van der Waals surface area (Å²) in [5.41, 5.74) is 1.70. The van der Waals surface area contributed by atoms with Gasteiger partial charge in [0, 0.05) is 24.8 Å². The molecule has 2 heterocycles. The van der Waals surface area contributed by atoms with Crippen LogP contribution in [0.3, 0.4) is 0 Å². The van der Waals surface area contributed by atoms with Gasteiger partial charge in [0.2, 0.25) is 11.8 Å². The fourth-order valence-corrected chi connectivity index (χ4v) is 4.04. The molecule has 0 radical (unpaired) electrons. The van der Waals surface area contributed by atoms with Crippen molar-refractivity contribution in [3.8, 4) is 0 Å². The Hall–Kier alpha value is -2.41. The molecule has 0 spiro atoms. The van der Waals surface area contributed by atoms with Gasteiger partial charge in [0.25, 0.3) is 0 Å².